The lowest BCUT2D eigenvalue weighted by atomic mass is 10.2. The second-order valence-corrected chi connectivity index (χ2v) is 4.71. The Morgan fingerprint density at radius 3 is 3.00 bits per heavy atom. The fourth-order valence-electron chi connectivity index (χ4n) is 2.04. The molecule has 3 N–H and O–H groups in total. The van der Waals surface area contributed by atoms with Gasteiger partial charge in [-0.25, -0.2) is 4.98 Å². The highest BCUT2D eigenvalue weighted by molar-refractivity contribution is 9.10. The molecule has 88 valence electrons. The average Bonchev–Trinajstić information content (AvgIpc) is 2.63. The summed E-state index contributed by atoms with van der Waals surface area (Å²) in [6.07, 6.45) is 3.56. The highest BCUT2D eigenvalue weighted by atomic mass is 79.9. The summed E-state index contributed by atoms with van der Waals surface area (Å²) in [5, 5.41) is 3.27. The second kappa shape index (κ2) is 4.97. The number of nitrogens with one attached hydrogen (secondary N) is 1. The maximum Gasteiger partial charge on any atom is 0.226 e. The van der Waals surface area contributed by atoms with Gasteiger partial charge < -0.3 is 15.8 Å². The van der Waals surface area contributed by atoms with Crippen molar-refractivity contribution < 1.29 is 4.74 Å². The predicted molar refractivity (Wildman–Crippen MR) is 66.2 cm³/mol. The number of methoxy groups -OCH3 is 1. The third kappa shape index (κ3) is 2.62. The number of nitrogen functional groups attached to an aromatic ring is 1. The maximum atomic E-state index is 5.65. The van der Waals surface area contributed by atoms with Gasteiger partial charge in [0.05, 0.1) is 12.1 Å². The van der Waals surface area contributed by atoms with Crippen molar-refractivity contribution in [2.75, 3.05) is 18.2 Å². The Bertz CT molecular complexity index is 354. The van der Waals surface area contributed by atoms with Crippen molar-refractivity contribution in [1.82, 2.24) is 9.97 Å². The Balaban J connectivity index is 2.08. The molecular weight excluding hydrogens is 272 g/mol. The number of nitrogens with zero attached hydrogens (tertiary/aromatic N) is 2. The number of hydrogen-bond acceptors (Lipinski definition) is 5. The zero-order chi connectivity index (χ0) is 11.5. The molecule has 0 spiro atoms. The van der Waals surface area contributed by atoms with Crippen LogP contribution in [0.3, 0.4) is 0 Å². The van der Waals surface area contributed by atoms with Gasteiger partial charge in [-0.2, -0.15) is 4.98 Å². The number of aromatic nitrogens is 2. The number of rotatable bonds is 3. The third-order valence-corrected chi connectivity index (χ3v) is 3.19. The van der Waals surface area contributed by atoms with E-state index < -0.39 is 0 Å². The Morgan fingerprint density at radius 2 is 2.31 bits per heavy atom. The first kappa shape index (κ1) is 11.6. The second-order valence-electron chi connectivity index (χ2n) is 3.90. The Kier molecular flexibility index (Phi) is 3.60. The van der Waals surface area contributed by atoms with Crippen molar-refractivity contribution in [2.24, 2.45) is 0 Å². The molecule has 1 heterocycles. The molecule has 2 unspecified atom stereocenters. The molecular formula is C10H15BrN4O. The largest absolute Gasteiger partial charge is 0.383 e. The minimum absolute atomic E-state index is 0.240. The minimum Gasteiger partial charge on any atom is -0.383 e. The van der Waals surface area contributed by atoms with Crippen molar-refractivity contribution in [3.8, 4) is 0 Å². The number of halogens is 1. The maximum absolute atomic E-state index is 5.65. The van der Waals surface area contributed by atoms with Crippen LogP contribution in [0.25, 0.3) is 0 Å². The highest BCUT2D eigenvalue weighted by Crippen LogP contribution is 2.24. The van der Waals surface area contributed by atoms with Crippen molar-refractivity contribution in [2.45, 2.75) is 31.4 Å². The van der Waals surface area contributed by atoms with Crippen molar-refractivity contribution in [1.29, 1.82) is 0 Å². The molecule has 1 aromatic heterocycles. The molecule has 0 amide bonds. The predicted octanol–water partition coefficient (Wildman–Crippen LogP) is 1.80. The summed E-state index contributed by atoms with van der Waals surface area (Å²) in [6, 6.07) is 1.95. The van der Waals surface area contributed by atoms with Crippen LogP contribution in [0.5, 0.6) is 0 Å². The van der Waals surface area contributed by atoms with Gasteiger partial charge in [-0.1, -0.05) is 0 Å². The van der Waals surface area contributed by atoms with E-state index in [9.17, 15) is 0 Å². The van der Waals surface area contributed by atoms with Gasteiger partial charge in [-0.15, -0.1) is 0 Å². The molecule has 0 aromatic carbocycles. The third-order valence-electron chi connectivity index (χ3n) is 2.78. The quantitative estimate of drug-likeness (QED) is 0.829. The summed E-state index contributed by atoms with van der Waals surface area (Å²) in [4.78, 5) is 8.36. The molecule has 5 nitrogen and oxygen atoms in total. The van der Waals surface area contributed by atoms with E-state index in [2.05, 4.69) is 31.2 Å². The monoisotopic (exact) mass is 286 g/mol. The van der Waals surface area contributed by atoms with E-state index in [0.29, 0.717) is 16.4 Å². The van der Waals surface area contributed by atoms with Crippen LogP contribution in [-0.4, -0.2) is 29.2 Å². The molecule has 6 heteroatoms. The summed E-state index contributed by atoms with van der Waals surface area (Å²) in [7, 11) is 1.74. The molecule has 0 saturated heterocycles. The molecule has 1 aliphatic carbocycles. The van der Waals surface area contributed by atoms with Crippen molar-refractivity contribution in [3.63, 3.8) is 0 Å². The van der Waals surface area contributed by atoms with Crippen LogP contribution in [0.4, 0.5) is 11.8 Å². The molecule has 1 aromatic rings. The highest BCUT2D eigenvalue weighted by Gasteiger charge is 2.27. The molecule has 0 radical (unpaired) electrons. The smallest absolute Gasteiger partial charge is 0.226 e. The SMILES string of the molecule is COC1CCCC1Nc1nc(N)cc(Br)n1. The molecule has 1 saturated carbocycles. The van der Waals surface area contributed by atoms with Crippen LogP contribution in [0, 0.1) is 0 Å². The van der Waals surface area contributed by atoms with Crippen LogP contribution in [0.2, 0.25) is 0 Å². The van der Waals surface area contributed by atoms with E-state index in [1.54, 1.807) is 13.2 Å². The zero-order valence-corrected chi connectivity index (χ0v) is 10.7. The first-order valence-corrected chi connectivity index (χ1v) is 6.07. The summed E-state index contributed by atoms with van der Waals surface area (Å²) in [5.74, 6) is 1.01. The van der Waals surface area contributed by atoms with Gasteiger partial charge in [0.2, 0.25) is 5.95 Å². The molecule has 0 aliphatic heterocycles. The molecule has 16 heavy (non-hydrogen) atoms. The topological polar surface area (TPSA) is 73.1 Å². The summed E-state index contributed by atoms with van der Waals surface area (Å²) in [5.41, 5.74) is 5.65. The first-order valence-electron chi connectivity index (χ1n) is 5.28. The summed E-state index contributed by atoms with van der Waals surface area (Å²) < 4.78 is 6.08. The van der Waals surface area contributed by atoms with Gasteiger partial charge in [0.1, 0.15) is 10.4 Å². The number of nitrogens with two attached hydrogens (primary N) is 1. The standard InChI is InChI=1S/C10H15BrN4O/c1-16-7-4-2-3-6(7)13-10-14-8(11)5-9(12)15-10/h5-7H,2-4H2,1H3,(H3,12,13,14,15). The molecule has 1 fully saturated rings. The Morgan fingerprint density at radius 1 is 1.50 bits per heavy atom. The van der Waals surface area contributed by atoms with Gasteiger partial charge in [0.25, 0.3) is 0 Å². The average molecular weight is 287 g/mol. The van der Waals surface area contributed by atoms with Crippen LogP contribution in [-0.2, 0) is 4.74 Å². The molecule has 1 aliphatic rings. The van der Waals surface area contributed by atoms with Gasteiger partial charge >= 0.3 is 0 Å². The van der Waals surface area contributed by atoms with E-state index in [1.807, 2.05) is 0 Å². The Labute approximate surface area is 103 Å². The molecule has 2 rings (SSSR count). The van der Waals surface area contributed by atoms with E-state index >= 15 is 0 Å². The number of anilines is 2. The Hall–Kier alpha value is -0.880. The zero-order valence-electron chi connectivity index (χ0n) is 9.11. The number of hydrogen-bond donors (Lipinski definition) is 2. The lowest BCUT2D eigenvalue weighted by molar-refractivity contribution is 0.101. The van der Waals surface area contributed by atoms with Gasteiger partial charge in [0, 0.05) is 13.2 Å². The van der Waals surface area contributed by atoms with Crippen LogP contribution in [0.1, 0.15) is 19.3 Å². The minimum atomic E-state index is 0.240. The van der Waals surface area contributed by atoms with Gasteiger partial charge in [0.15, 0.2) is 0 Å². The van der Waals surface area contributed by atoms with Crippen LogP contribution >= 0.6 is 15.9 Å². The molecule has 2 atom stereocenters. The van der Waals surface area contributed by atoms with Crippen molar-refractivity contribution in [3.05, 3.63) is 10.7 Å². The van der Waals surface area contributed by atoms with E-state index in [-0.39, 0.29) is 12.1 Å². The van der Waals surface area contributed by atoms with Gasteiger partial charge in [-0.3, -0.25) is 0 Å². The fraction of sp³-hybridized carbons (Fsp3) is 0.600. The lowest BCUT2D eigenvalue weighted by Gasteiger charge is -2.19. The van der Waals surface area contributed by atoms with E-state index in [1.165, 1.54) is 6.42 Å². The van der Waals surface area contributed by atoms with Crippen molar-refractivity contribution >= 4 is 27.7 Å². The van der Waals surface area contributed by atoms with Crippen LogP contribution < -0.4 is 11.1 Å². The van der Waals surface area contributed by atoms with Gasteiger partial charge in [-0.05, 0) is 35.2 Å². The summed E-state index contributed by atoms with van der Waals surface area (Å²) in [6.45, 7) is 0. The normalized spacial score (nSPS) is 24.6. The molecule has 0 bridgehead atoms. The van der Waals surface area contributed by atoms with E-state index in [4.69, 9.17) is 10.5 Å². The number of ether oxygens (including phenoxy) is 1. The fourth-order valence-corrected chi connectivity index (χ4v) is 2.44. The van der Waals surface area contributed by atoms with E-state index in [0.717, 1.165) is 12.8 Å². The first-order chi connectivity index (χ1) is 7.69. The summed E-state index contributed by atoms with van der Waals surface area (Å²) >= 11 is 3.29. The lowest BCUT2D eigenvalue weighted by Crippen LogP contribution is -2.30. The van der Waals surface area contributed by atoms with Crippen LogP contribution in [0.15, 0.2) is 10.7 Å².